The fourth-order valence-electron chi connectivity index (χ4n) is 2.73. The highest BCUT2D eigenvalue weighted by molar-refractivity contribution is 6.38. The van der Waals surface area contributed by atoms with E-state index in [4.69, 9.17) is 34.8 Å². The number of benzene rings is 2. The summed E-state index contributed by atoms with van der Waals surface area (Å²) in [6.45, 7) is 3.46. The minimum absolute atomic E-state index is 0.0731. The average Bonchev–Trinajstić information content (AvgIpc) is 3.01. The van der Waals surface area contributed by atoms with Crippen molar-refractivity contribution >= 4 is 69.1 Å². The van der Waals surface area contributed by atoms with Crippen molar-refractivity contribution in [3.8, 4) is 0 Å². The van der Waals surface area contributed by atoms with Gasteiger partial charge in [-0.1, -0.05) is 34.8 Å². The SMILES string of the molecule is CC(C)NC(=O)C(=O)Nn1c(C(=O)Nc2ccc(Cl)cc2Cl)cc2cc(Cl)ccc21. The van der Waals surface area contributed by atoms with Gasteiger partial charge in [-0.05, 0) is 56.3 Å². The van der Waals surface area contributed by atoms with E-state index in [9.17, 15) is 14.4 Å². The molecular formula is C20H17Cl3N4O3. The molecule has 156 valence electrons. The van der Waals surface area contributed by atoms with Gasteiger partial charge in [0.2, 0.25) is 0 Å². The number of fused-ring (bicyclic) bond motifs is 1. The van der Waals surface area contributed by atoms with Crippen molar-refractivity contribution in [2.75, 3.05) is 10.7 Å². The van der Waals surface area contributed by atoms with Crippen LogP contribution in [-0.4, -0.2) is 28.4 Å². The molecule has 3 aromatic rings. The zero-order valence-corrected chi connectivity index (χ0v) is 18.2. The molecule has 0 aliphatic heterocycles. The summed E-state index contributed by atoms with van der Waals surface area (Å²) >= 11 is 18.1. The highest BCUT2D eigenvalue weighted by Crippen LogP contribution is 2.27. The normalized spacial score (nSPS) is 10.9. The molecule has 1 aromatic heterocycles. The summed E-state index contributed by atoms with van der Waals surface area (Å²) in [5.74, 6) is -2.31. The van der Waals surface area contributed by atoms with Gasteiger partial charge in [0.05, 0.1) is 16.2 Å². The van der Waals surface area contributed by atoms with Crippen LogP contribution in [0.25, 0.3) is 10.9 Å². The molecule has 0 spiro atoms. The molecule has 0 radical (unpaired) electrons. The van der Waals surface area contributed by atoms with Crippen LogP contribution in [0.4, 0.5) is 5.69 Å². The third-order valence-corrected chi connectivity index (χ3v) is 4.80. The fourth-order valence-corrected chi connectivity index (χ4v) is 3.37. The first-order valence-corrected chi connectivity index (χ1v) is 9.98. The minimum atomic E-state index is -0.922. The monoisotopic (exact) mass is 466 g/mol. The van der Waals surface area contributed by atoms with Crippen molar-refractivity contribution in [1.82, 2.24) is 9.99 Å². The van der Waals surface area contributed by atoms with Gasteiger partial charge < -0.3 is 10.6 Å². The topological polar surface area (TPSA) is 92.2 Å². The molecule has 0 saturated heterocycles. The third kappa shape index (κ3) is 4.87. The molecule has 0 bridgehead atoms. The van der Waals surface area contributed by atoms with Gasteiger partial charge in [-0.25, -0.2) is 4.68 Å². The predicted octanol–water partition coefficient (Wildman–Crippen LogP) is 4.45. The Bertz CT molecular complexity index is 1160. The van der Waals surface area contributed by atoms with E-state index < -0.39 is 17.7 Å². The van der Waals surface area contributed by atoms with Gasteiger partial charge in [-0.2, -0.15) is 0 Å². The molecule has 0 aliphatic carbocycles. The van der Waals surface area contributed by atoms with Crippen molar-refractivity contribution in [2.45, 2.75) is 19.9 Å². The fraction of sp³-hybridized carbons (Fsp3) is 0.150. The molecular weight excluding hydrogens is 451 g/mol. The summed E-state index contributed by atoms with van der Waals surface area (Å²) in [6, 6.07) is 10.8. The molecule has 0 unspecified atom stereocenters. The lowest BCUT2D eigenvalue weighted by atomic mass is 10.2. The maximum Gasteiger partial charge on any atom is 0.328 e. The smallest absolute Gasteiger partial charge is 0.328 e. The van der Waals surface area contributed by atoms with Crippen molar-refractivity contribution in [2.24, 2.45) is 0 Å². The number of hydrogen-bond donors (Lipinski definition) is 3. The molecule has 1 heterocycles. The summed E-state index contributed by atoms with van der Waals surface area (Å²) < 4.78 is 1.23. The maximum absolute atomic E-state index is 12.9. The number of carbonyl (C=O) groups is 3. The molecule has 7 nitrogen and oxygen atoms in total. The standard InChI is InChI=1S/C20H17Cl3N4O3/c1-10(2)24-19(29)20(30)26-27-16-6-4-12(21)7-11(16)8-17(27)18(28)25-15-5-3-13(22)9-14(15)23/h3-10H,1-2H3,(H,24,29)(H,25,28)(H,26,30). The number of carbonyl (C=O) groups excluding carboxylic acids is 3. The van der Waals surface area contributed by atoms with Gasteiger partial charge in [0.25, 0.3) is 5.91 Å². The molecule has 0 aliphatic rings. The van der Waals surface area contributed by atoms with Crippen molar-refractivity contribution in [1.29, 1.82) is 0 Å². The Kier molecular flexibility index (Phi) is 6.55. The van der Waals surface area contributed by atoms with Crippen molar-refractivity contribution in [3.05, 3.63) is 63.2 Å². The Morgan fingerprint density at radius 3 is 2.23 bits per heavy atom. The van der Waals surface area contributed by atoms with Gasteiger partial charge >= 0.3 is 11.8 Å². The summed E-state index contributed by atoms with van der Waals surface area (Å²) in [4.78, 5) is 37.3. The zero-order chi connectivity index (χ0) is 22.0. The Hall–Kier alpha value is -2.74. The van der Waals surface area contributed by atoms with E-state index in [0.717, 1.165) is 0 Å². The molecule has 3 N–H and O–H groups in total. The third-order valence-electron chi connectivity index (χ3n) is 4.01. The second-order valence-electron chi connectivity index (χ2n) is 6.72. The van der Waals surface area contributed by atoms with Gasteiger partial charge in [0.1, 0.15) is 5.69 Å². The van der Waals surface area contributed by atoms with Crippen LogP contribution in [0.1, 0.15) is 24.3 Å². The number of anilines is 1. The van der Waals surface area contributed by atoms with Gasteiger partial charge in [-0.3, -0.25) is 19.8 Å². The van der Waals surface area contributed by atoms with Crippen molar-refractivity contribution < 1.29 is 14.4 Å². The second-order valence-corrected chi connectivity index (χ2v) is 8.00. The van der Waals surface area contributed by atoms with Crippen LogP contribution in [0.5, 0.6) is 0 Å². The largest absolute Gasteiger partial charge is 0.346 e. The number of halogens is 3. The predicted molar refractivity (Wildman–Crippen MR) is 119 cm³/mol. The average molecular weight is 468 g/mol. The first-order valence-electron chi connectivity index (χ1n) is 8.85. The van der Waals surface area contributed by atoms with E-state index in [2.05, 4.69) is 16.1 Å². The molecule has 0 atom stereocenters. The zero-order valence-electron chi connectivity index (χ0n) is 15.9. The summed E-state index contributed by atoms with van der Waals surface area (Å²) in [5.41, 5.74) is 3.35. The van der Waals surface area contributed by atoms with E-state index in [-0.39, 0.29) is 16.8 Å². The van der Waals surface area contributed by atoms with Crippen LogP contribution in [0.15, 0.2) is 42.5 Å². The quantitative estimate of drug-likeness (QED) is 0.495. The van der Waals surface area contributed by atoms with Crippen LogP contribution in [-0.2, 0) is 9.59 Å². The van der Waals surface area contributed by atoms with E-state index in [1.165, 1.54) is 10.7 Å². The summed E-state index contributed by atoms with van der Waals surface area (Å²) in [7, 11) is 0. The Labute approximate surface area is 187 Å². The number of amides is 3. The molecule has 3 amide bonds. The number of nitrogens with zero attached hydrogens (tertiary/aromatic N) is 1. The number of nitrogens with one attached hydrogen (secondary N) is 3. The molecule has 0 saturated carbocycles. The maximum atomic E-state index is 12.9. The number of hydrogen-bond acceptors (Lipinski definition) is 3. The Morgan fingerprint density at radius 2 is 1.57 bits per heavy atom. The van der Waals surface area contributed by atoms with E-state index in [1.807, 2.05) is 0 Å². The van der Waals surface area contributed by atoms with Gasteiger partial charge in [-0.15, -0.1) is 0 Å². The lowest BCUT2D eigenvalue weighted by molar-refractivity contribution is -0.137. The van der Waals surface area contributed by atoms with Gasteiger partial charge in [0.15, 0.2) is 0 Å². The highest BCUT2D eigenvalue weighted by Gasteiger charge is 2.21. The molecule has 30 heavy (non-hydrogen) atoms. The molecule has 3 rings (SSSR count). The Morgan fingerprint density at radius 1 is 0.900 bits per heavy atom. The van der Waals surface area contributed by atoms with E-state index in [1.54, 1.807) is 50.2 Å². The van der Waals surface area contributed by atoms with Crippen LogP contribution < -0.4 is 16.1 Å². The van der Waals surface area contributed by atoms with Crippen LogP contribution in [0.3, 0.4) is 0 Å². The first-order chi connectivity index (χ1) is 14.2. The summed E-state index contributed by atoms with van der Waals surface area (Å²) in [5, 5.41) is 6.89. The first kappa shape index (κ1) is 22.0. The lowest BCUT2D eigenvalue weighted by Gasteiger charge is -2.14. The molecule has 0 fully saturated rings. The lowest BCUT2D eigenvalue weighted by Crippen LogP contribution is -2.42. The van der Waals surface area contributed by atoms with Crippen LogP contribution in [0, 0.1) is 0 Å². The summed E-state index contributed by atoms with van der Waals surface area (Å²) in [6.07, 6.45) is 0. The van der Waals surface area contributed by atoms with Crippen molar-refractivity contribution in [3.63, 3.8) is 0 Å². The van der Waals surface area contributed by atoms with Gasteiger partial charge in [0, 0.05) is 21.5 Å². The highest BCUT2D eigenvalue weighted by atomic mass is 35.5. The Balaban J connectivity index is 1.98. The number of rotatable bonds is 4. The second kappa shape index (κ2) is 8.95. The van der Waals surface area contributed by atoms with Crippen LogP contribution in [0.2, 0.25) is 15.1 Å². The minimum Gasteiger partial charge on any atom is -0.346 e. The van der Waals surface area contributed by atoms with E-state index >= 15 is 0 Å². The van der Waals surface area contributed by atoms with E-state index in [0.29, 0.717) is 26.6 Å². The molecule has 10 heteroatoms. The number of aromatic nitrogens is 1. The molecule has 2 aromatic carbocycles. The van der Waals surface area contributed by atoms with Crippen LogP contribution >= 0.6 is 34.8 Å².